The highest BCUT2D eigenvalue weighted by Gasteiger charge is 2.07. The Morgan fingerprint density at radius 3 is 2.76 bits per heavy atom. The minimum Gasteiger partial charge on any atom is -0.267 e. The van der Waals surface area contributed by atoms with E-state index in [0.717, 1.165) is 11.3 Å². The normalized spacial score (nSPS) is 11.4. The predicted molar refractivity (Wildman–Crippen MR) is 99.0 cm³/mol. The molecule has 0 unspecified atom stereocenters. The Labute approximate surface area is 148 Å². The molecule has 0 fully saturated rings. The Balaban J connectivity index is 1.77. The molecule has 122 valence electrons. The Morgan fingerprint density at radius 1 is 1.04 bits per heavy atom. The second kappa shape index (κ2) is 6.37. The van der Waals surface area contributed by atoms with Crippen LogP contribution in [0.1, 0.15) is 11.3 Å². The summed E-state index contributed by atoms with van der Waals surface area (Å²) in [7, 11) is 0. The van der Waals surface area contributed by atoms with E-state index in [9.17, 15) is 4.79 Å². The first kappa shape index (κ1) is 15.4. The number of halogens is 1. The zero-order valence-electron chi connectivity index (χ0n) is 13.1. The molecule has 0 saturated heterocycles. The fraction of sp³-hybridized carbons (Fsp3) is 0. The quantitative estimate of drug-likeness (QED) is 0.567. The van der Waals surface area contributed by atoms with Crippen LogP contribution in [0.5, 0.6) is 0 Å². The summed E-state index contributed by atoms with van der Waals surface area (Å²) in [6.45, 7) is 0. The third-order valence-electron chi connectivity index (χ3n) is 3.72. The number of hydrogen-bond acceptors (Lipinski definition) is 3. The second-order valence-electron chi connectivity index (χ2n) is 5.45. The molecule has 0 N–H and O–H groups in total. The summed E-state index contributed by atoms with van der Waals surface area (Å²) < 4.78 is 3.23. The molecule has 0 saturated carbocycles. The second-order valence-corrected chi connectivity index (χ2v) is 5.89. The SMILES string of the molecule is O=c1cc(C=Cc2cccnc2)nc2ccn(-c3cccc(Cl)c3)n12. The van der Waals surface area contributed by atoms with E-state index in [1.54, 1.807) is 47.5 Å². The molecule has 0 spiro atoms. The van der Waals surface area contributed by atoms with E-state index < -0.39 is 0 Å². The van der Waals surface area contributed by atoms with E-state index in [-0.39, 0.29) is 5.56 Å². The molecule has 0 amide bonds. The summed E-state index contributed by atoms with van der Waals surface area (Å²) >= 11 is 6.05. The molecular formula is C19H13ClN4O. The third kappa shape index (κ3) is 3.09. The molecule has 0 atom stereocenters. The first-order chi connectivity index (χ1) is 12.2. The van der Waals surface area contributed by atoms with E-state index >= 15 is 0 Å². The molecule has 0 aliphatic carbocycles. The van der Waals surface area contributed by atoms with Crippen LogP contribution in [0, 0.1) is 0 Å². The van der Waals surface area contributed by atoms with Crippen molar-refractivity contribution >= 4 is 29.4 Å². The highest BCUT2D eigenvalue weighted by molar-refractivity contribution is 6.30. The average molecular weight is 349 g/mol. The largest absolute Gasteiger partial charge is 0.273 e. The van der Waals surface area contributed by atoms with Crippen molar-refractivity contribution in [3.63, 3.8) is 0 Å². The van der Waals surface area contributed by atoms with Crippen LogP contribution in [-0.2, 0) is 0 Å². The number of nitrogens with zero attached hydrogens (tertiary/aromatic N) is 4. The number of fused-ring (bicyclic) bond motifs is 1. The van der Waals surface area contributed by atoms with Crippen molar-refractivity contribution in [3.8, 4) is 5.69 Å². The molecule has 0 aliphatic rings. The van der Waals surface area contributed by atoms with Crippen LogP contribution in [0.15, 0.2) is 71.9 Å². The lowest BCUT2D eigenvalue weighted by Gasteiger charge is -2.07. The first-order valence-electron chi connectivity index (χ1n) is 7.66. The van der Waals surface area contributed by atoms with Crippen LogP contribution in [0.3, 0.4) is 0 Å². The first-order valence-corrected chi connectivity index (χ1v) is 8.04. The van der Waals surface area contributed by atoms with Crippen LogP contribution in [0.4, 0.5) is 0 Å². The van der Waals surface area contributed by atoms with Gasteiger partial charge in [0.25, 0.3) is 5.56 Å². The maximum Gasteiger partial charge on any atom is 0.273 e. The van der Waals surface area contributed by atoms with E-state index in [2.05, 4.69) is 9.97 Å². The zero-order chi connectivity index (χ0) is 17.2. The van der Waals surface area contributed by atoms with Crippen LogP contribution < -0.4 is 5.56 Å². The standard InChI is InChI=1S/C19H13ClN4O/c20-15-4-1-5-17(11-15)23-10-8-18-22-16(12-19(25)24(18)23)7-6-14-3-2-9-21-13-14/h1-13H. The number of pyridine rings is 1. The molecule has 6 heteroatoms. The van der Waals surface area contributed by atoms with Gasteiger partial charge in [0.15, 0.2) is 5.65 Å². The van der Waals surface area contributed by atoms with Gasteiger partial charge in [-0.25, -0.2) is 4.98 Å². The Morgan fingerprint density at radius 2 is 1.96 bits per heavy atom. The summed E-state index contributed by atoms with van der Waals surface area (Å²) in [5.74, 6) is 0. The van der Waals surface area contributed by atoms with Gasteiger partial charge < -0.3 is 0 Å². The van der Waals surface area contributed by atoms with Gasteiger partial charge >= 0.3 is 0 Å². The van der Waals surface area contributed by atoms with Gasteiger partial charge in [0, 0.05) is 35.7 Å². The topological polar surface area (TPSA) is 52.2 Å². The van der Waals surface area contributed by atoms with Gasteiger partial charge in [-0.3, -0.25) is 14.5 Å². The minimum absolute atomic E-state index is 0.166. The zero-order valence-corrected chi connectivity index (χ0v) is 13.8. The highest BCUT2D eigenvalue weighted by Crippen LogP contribution is 2.15. The average Bonchev–Trinajstić information content (AvgIpc) is 3.05. The van der Waals surface area contributed by atoms with Gasteiger partial charge in [-0.05, 0) is 35.9 Å². The third-order valence-corrected chi connectivity index (χ3v) is 3.96. The Hall–Kier alpha value is -3.18. The maximum absolute atomic E-state index is 12.6. The summed E-state index contributed by atoms with van der Waals surface area (Å²) in [4.78, 5) is 21.2. The van der Waals surface area contributed by atoms with Crippen molar-refractivity contribution < 1.29 is 0 Å². The maximum atomic E-state index is 12.6. The van der Waals surface area contributed by atoms with Gasteiger partial charge in [-0.2, -0.15) is 4.52 Å². The summed E-state index contributed by atoms with van der Waals surface area (Å²) in [6.07, 6.45) is 8.93. The summed E-state index contributed by atoms with van der Waals surface area (Å²) in [6, 6.07) is 14.4. The van der Waals surface area contributed by atoms with Crippen LogP contribution >= 0.6 is 11.6 Å². The Bertz CT molecular complexity index is 1130. The molecule has 4 aromatic rings. The van der Waals surface area contributed by atoms with Gasteiger partial charge in [-0.1, -0.05) is 29.8 Å². The molecule has 0 bridgehead atoms. The van der Waals surface area contributed by atoms with Crippen LogP contribution in [0.25, 0.3) is 23.5 Å². The van der Waals surface area contributed by atoms with Gasteiger partial charge in [0.05, 0.1) is 11.4 Å². The molecule has 4 rings (SSSR count). The molecule has 0 aliphatic heterocycles. The molecule has 0 radical (unpaired) electrons. The van der Waals surface area contributed by atoms with E-state index in [0.29, 0.717) is 16.4 Å². The van der Waals surface area contributed by atoms with Crippen molar-refractivity contribution in [1.29, 1.82) is 0 Å². The highest BCUT2D eigenvalue weighted by atomic mass is 35.5. The molecule has 1 aromatic carbocycles. The van der Waals surface area contributed by atoms with Gasteiger partial charge in [0.2, 0.25) is 0 Å². The van der Waals surface area contributed by atoms with Gasteiger partial charge in [-0.15, -0.1) is 0 Å². The van der Waals surface area contributed by atoms with Crippen molar-refractivity contribution in [3.05, 3.63) is 93.8 Å². The molecule has 5 nitrogen and oxygen atoms in total. The van der Waals surface area contributed by atoms with Crippen LogP contribution in [-0.4, -0.2) is 19.2 Å². The smallest absolute Gasteiger partial charge is 0.267 e. The molecule has 3 heterocycles. The Kier molecular flexibility index (Phi) is 3.91. The summed E-state index contributed by atoms with van der Waals surface area (Å²) in [5, 5.41) is 0.608. The van der Waals surface area contributed by atoms with E-state index in [1.165, 1.54) is 10.6 Å². The molecular weight excluding hydrogens is 336 g/mol. The monoisotopic (exact) mass is 348 g/mol. The number of rotatable bonds is 3. The minimum atomic E-state index is -0.166. The number of aromatic nitrogens is 4. The lowest BCUT2D eigenvalue weighted by molar-refractivity contribution is 0.763. The van der Waals surface area contributed by atoms with E-state index in [1.807, 2.05) is 30.3 Å². The molecule has 25 heavy (non-hydrogen) atoms. The predicted octanol–water partition coefficient (Wildman–Crippen LogP) is 3.70. The van der Waals surface area contributed by atoms with Crippen molar-refractivity contribution in [2.45, 2.75) is 0 Å². The fourth-order valence-electron chi connectivity index (χ4n) is 2.60. The number of hydrogen-bond donors (Lipinski definition) is 0. The fourth-order valence-corrected chi connectivity index (χ4v) is 2.79. The number of benzene rings is 1. The summed E-state index contributed by atoms with van der Waals surface area (Å²) in [5.41, 5.74) is 2.74. The van der Waals surface area contributed by atoms with E-state index in [4.69, 9.17) is 11.6 Å². The molecule has 3 aromatic heterocycles. The lowest BCUT2D eigenvalue weighted by Crippen LogP contribution is -2.19. The van der Waals surface area contributed by atoms with Crippen LogP contribution in [0.2, 0.25) is 5.02 Å². The van der Waals surface area contributed by atoms with Gasteiger partial charge in [0.1, 0.15) is 0 Å². The van der Waals surface area contributed by atoms with Crippen molar-refractivity contribution in [1.82, 2.24) is 19.2 Å². The lowest BCUT2D eigenvalue weighted by atomic mass is 10.2. The van der Waals surface area contributed by atoms with Crippen molar-refractivity contribution in [2.24, 2.45) is 0 Å². The van der Waals surface area contributed by atoms with Crippen molar-refractivity contribution in [2.75, 3.05) is 0 Å².